The fraction of sp³-hybridized carbons (Fsp3) is 0.133. The number of hydrogen-bond donors (Lipinski definition) is 3. The lowest BCUT2D eigenvalue weighted by molar-refractivity contribution is 0.0388. The van der Waals surface area contributed by atoms with Crippen LogP contribution in [0.2, 0.25) is 0 Å². The third kappa shape index (κ3) is 6.93. The number of anilines is 2. The van der Waals surface area contributed by atoms with Crippen LogP contribution >= 0.6 is 0 Å². The summed E-state index contributed by atoms with van der Waals surface area (Å²) < 4.78 is 23.9. The SMILES string of the molecule is COCCOC(=O)c1ccc(NC(=O)c2cccc(-c3cc(C(=O)Nc4ccncc4F)ccc3CN)c2)cc1. The summed E-state index contributed by atoms with van der Waals surface area (Å²) in [5.41, 5.74) is 9.57. The van der Waals surface area contributed by atoms with E-state index in [1.807, 2.05) is 0 Å². The summed E-state index contributed by atoms with van der Waals surface area (Å²) in [6, 6.07) is 19.6. The van der Waals surface area contributed by atoms with E-state index >= 15 is 0 Å². The Bertz CT molecular complexity index is 1530. The molecule has 40 heavy (non-hydrogen) atoms. The van der Waals surface area contributed by atoms with E-state index in [9.17, 15) is 18.8 Å². The maximum Gasteiger partial charge on any atom is 0.338 e. The lowest BCUT2D eigenvalue weighted by atomic mass is 9.95. The molecule has 3 aromatic carbocycles. The van der Waals surface area contributed by atoms with Crippen molar-refractivity contribution in [3.05, 3.63) is 113 Å². The minimum Gasteiger partial charge on any atom is -0.460 e. The summed E-state index contributed by atoms with van der Waals surface area (Å²) in [5, 5.41) is 5.34. The van der Waals surface area contributed by atoms with Gasteiger partial charge in [-0.05, 0) is 71.3 Å². The van der Waals surface area contributed by atoms with Crippen LogP contribution < -0.4 is 16.4 Å². The van der Waals surface area contributed by atoms with Crippen molar-refractivity contribution in [3.8, 4) is 11.1 Å². The lowest BCUT2D eigenvalue weighted by Gasteiger charge is -2.13. The molecule has 0 aliphatic heterocycles. The van der Waals surface area contributed by atoms with E-state index in [0.29, 0.717) is 40.1 Å². The summed E-state index contributed by atoms with van der Waals surface area (Å²) in [4.78, 5) is 41.6. The minimum absolute atomic E-state index is 0.0131. The van der Waals surface area contributed by atoms with Gasteiger partial charge in [0.05, 0.1) is 24.1 Å². The molecule has 0 aliphatic rings. The quantitative estimate of drug-likeness (QED) is 0.196. The van der Waals surface area contributed by atoms with Crippen molar-refractivity contribution in [3.63, 3.8) is 0 Å². The number of rotatable bonds is 10. The summed E-state index contributed by atoms with van der Waals surface area (Å²) in [7, 11) is 1.52. The zero-order chi connectivity index (χ0) is 28.5. The molecular formula is C30H27FN4O5. The van der Waals surface area contributed by atoms with Gasteiger partial charge in [0.1, 0.15) is 6.61 Å². The zero-order valence-electron chi connectivity index (χ0n) is 21.6. The first kappa shape index (κ1) is 28.1. The van der Waals surface area contributed by atoms with Crippen LogP contribution in [0, 0.1) is 5.82 Å². The molecule has 10 heteroatoms. The lowest BCUT2D eigenvalue weighted by Crippen LogP contribution is -2.14. The Kier molecular flexibility index (Phi) is 9.29. The normalized spacial score (nSPS) is 10.6. The van der Waals surface area contributed by atoms with Crippen LogP contribution in [0.1, 0.15) is 36.6 Å². The largest absolute Gasteiger partial charge is 0.460 e. The summed E-state index contributed by atoms with van der Waals surface area (Å²) in [6.07, 6.45) is 2.40. The van der Waals surface area contributed by atoms with E-state index in [4.69, 9.17) is 15.2 Å². The number of hydrogen-bond acceptors (Lipinski definition) is 7. The van der Waals surface area contributed by atoms with Crippen molar-refractivity contribution in [1.82, 2.24) is 4.98 Å². The first-order valence-electron chi connectivity index (χ1n) is 12.3. The highest BCUT2D eigenvalue weighted by atomic mass is 19.1. The molecule has 4 aromatic rings. The fourth-order valence-electron chi connectivity index (χ4n) is 3.86. The predicted molar refractivity (Wildman–Crippen MR) is 148 cm³/mol. The topological polar surface area (TPSA) is 133 Å². The van der Waals surface area contributed by atoms with Crippen LogP contribution in [0.25, 0.3) is 11.1 Å². The predicted octanol–water partition coefficient (Wildman–Crippen LogP) is 4.65. The van der Waals surface area contributed by atoms with Crippen LogP contribution in [-0.4, -0.2) is 43.1 Å². The monoisotopic (exact) mass is 542 g/mol. The van der Waals surface area contributed by atoms with Gasteiger partial charge in [0.2, 0.25) is 0 Å². The number of amides is 2. The Morgan fingerprint density at radius 3 is 2.33 bits per heavy atom. The number of aromatic nitrogens is 1. The molecular weight excluding hydrogens is 515 g/mol. The van der Waals surface area contributed by atoms with Gasteiger partial charge in [0.15, 0.2) is 5.82 Å². The number of nitrogens with zero attached hydrogens (tertiary/aromatic N) is 1. The third-order valence-electron chi connectivity index (χ3n) is 5.95. The van der Waals surface area contributed by atoms with E-state index in [-0.39, 0.29) is 24.7 Å². The van der Waals surface area contributed by atoms with Crippen LogP contribution in [0.4, 0.5) is 15.8 Å². The number of nitrogens with two attached hydrogens (primary N) is 1. The van der Waals surface area contributed by atoms with Crippen molar-refractivity contribution in [2.45, 2.75) is 6.54 Å². The maximum atomic E-state index is 14.0. The molecule has 4 rings (SSSR count). The van der Waals surface area contributed by atoms with Crippen molar-refractivity contribution < 1.29 is 28.2 Å². The third-order valence-corrected chi connectivity index (χ3v) is 5.95. The molecule has 0 atom stereocenters. The standard InChI is InChI=1S/C30H27FN4O5/c1-39-13-14-40-30(38)19-7-9-24(10-8-19)34-28(36)21-4-2-3-20(15-21)25-16-22(5-6-23(25)17-32)29(37)35-27-11-12-33-18-26(27)31/h2-12,15-16,18H,13-14,17,32H2,1H3,(H,34,36)(H,33,35,37). The Balaban J connectivity index is 1.51. The van der Waals surface area contributed by atoms with Gasteiger partial charge < -0.3 is 25.8 Å². The fourth-order valence-corrected chi connectivity index (χ4v) is 3.86. The number of nitrogens with one attached hydrogen (secondary N) is 2. The average molecular weight is 543 g/mol. The van der Waals surface area contributed by atoms with Crippen LogP contribution in [0.15, 0.2) is 85.2 Å². The van der Waals surface area contributed by atoms with Crippen LogP contribution in [-0.2, 0) is 16.0 Å². The molecule has 0 aliphatic carbocycles. The molecule has 0 spiro atoms. The smallest absolute Gasteiger partial charge is 0.338 e. The van der Waals surface area contributed by atoms with E-state index in [0.717, 1.165) is 11.8 Å². The van der Waals surface area contributed by atoms with E-state index in [2.05, 4.69) is 15.6 Å². The molecule has 0 bridgehead atoms. The van der Waals surface area contributed by atoms with Crippen molar-refractivity contribution in [2.75, 3.05) is 31.0 Å². The highest BCUT2D eigenvalue weighted by Crippen LogP contribution is 2.27. The van der Waals surface area contributed by atoms with Crippen molar-refractivity contribution >= 4 is 29.2 Å². The van der Waals surface area contributed by atoms with Crippen molar-refractivity contribution in [1.29, 1.82) is 0 Å². The zero-order valence-corrected chi connectivity index (χ0v) is 21.6. The minimum atomic E-state index is -0.648. The Morgan fingerprint density at radius 1 is 0.875 bits per heavy atom. The summed E-state index contributed by atoms with van der Waals surface area (Å²) in [5.74, 6) is -2.01. The molecule has 9 nitrogen and oxygen atoms in total. The first-order chi connectivity index (χ1) is 19.4. The van der Waals surface area contributed by atoms with Crippen molar-refractivity contribution in [2.24, 2.45) is 5.73 Å². The number of pyridine rings is 1. The molecule has 1 aromatic heterocycles. The molecule has 0 fully saturated rings. The van der Waals surface area contributed by atoms with Gasteiger partial charge in [-0.3, -0.25) is 14.6 Å². The number of halogens is 1. The number of benzene rings is 3. The van der Waals surface area contributed by atoms with Gasteiger partial charge in [-0.1, -0.05) is 18.2 Å². The molecule has 0 unspecified atom stereocenters. The number of carbonyl (C=O) groups is 3. The summed E-state index contributed by atoms with van der Waals surface area (Å²) in [6.45, 7) is 0.647. The second kappa shape index (κ2) is 13.2. The molecule has 0 saturated heterocycles. The average Bonchev–Trinajstić information content (AvgIpc) is 2.98. The van der Waals surface area contributed by atoms with Crippen LogP contribution in [0.3, 0.4) is 0 Å². The molecule has 4 N–H and O–H groups in total. The molecule has 2 amide bonds. The van der Waals surface area contributed by atoms with Gasteiger partial charge in [-0.2, -0.15) is 0 Å². The first-order valence-corrected chi connectivity index (χ1v) is 12.3. The number of esters is 1. The Labute approximate surface area is 230 Å². The molecule has 204 valence electrons. The van der Waals surface area contributed by atoms with Gasteiger partial charge in [0, 0.05) is 36.7 Å². The highest BCUT2D eigenvalue weighted by Gasteiger charge is 2.15. The van der Waals surface area contributed by atoms with E-state index < -0.39 is 17.7 Å². The van der Waals surface area contributed by atoms with Gasteiger partial charge in [-0.25, -0.2) is 9.18 Å². The van der Waals surface area contributed by atoms with E-state index in [1.54, 1.807) is 66.7 Å². The number of carbonyl (C=O) groups excluding carboxylic acids is 3. The number of methoxy groups -OCH3 is 1. The second-order valence-corrected chi connectivity index (χ2v) is 8.63. The van der Waals surface area contributed by atoms with Crippen LogP contribution in [0.5, 0.6) is 0 Å². The Hall–Kier alpha value is -4.93. The molecule has 0 saturated carbocycles. The Morgan fingerprint density at radius 2 is 1.60 bits per heavy atom. The highest BCUT2D eigenvalue weighted by molar-refractivity contribution is 6.06. The van der Waals surface area contributed by atoms with E-state index in [1.165, 1.54) is 19.4 Å². The van der Waals surface area contributed by atoms with Gasteiger partial charge in [0.25, 0.3) is 11.8 Å². The second-order valence-electron chi connectivity index (χ2n) is 8.63. The van der Waals surface area contributed by atoms with Gasteiger partial charge in [-0.15, -0.1) is 0 Å². The molecule has 0 radical (unpaired) electrons. The van der Waals surface area contributed by atoms with Gasteiger partial charge >= 0.3 is 5.97 Å². The summed E-state index contributed by atoms with van der Waals surface area (Å²) >= 11 is 0. The molecule has 1 heterocycles. The maximum absolute atomic E-state index is 14.0. The number of ether oxygens (including phenoxy) is 2.